The van der Waals surface area contributed by atoms with Crippen molar-refractivity contribution in [3.05, 3.63) is 29.3 Å². The van der Waals surface area contributed by atoms with Gasteiger partial charge in [0.2, 0.25) is 11.9 Å². The predicted octanol–water partition coefficient (Wildman–Crippen LogP) is 1.63. The third kappa shape index (κ3) is 3.03. The molecule has 1 N–H and O–H groups in total. The minimum absolute atomic E-state index is 0.100. The molecule has 3 amide bonds. The van der Waals surface area contributed by atoms with Gasteiger partial charge in [-0.1, -0.05) is 17.7 Å². The molecule has 1 fully saturated rings. The van der Waals surface area contributed by atoms with Gasteiger partial charge in [-0.25, -0.2) is 4.79 Å². The molecule has 1 saturated heterocycles. The number of anilines is 1. The Bertz CT molecular complexity index is 558. The Hall–Kier alpha value is -2.08. The van der Waals surface area contributed by atoms with Gasteiger partial charge in [-0.15, -0.1) is 0 Å². The number of benzene rings is 1. The molecule has 1 aliphatic rings. The molecule has 0 bridgehead atoms. The van der Waals surface area contributed by atoms with E-state index in [4.69, 9.17) is 11.6 Å². The molecule has 1 aromatic carbocycles. The highest BCUT2D eigenvalue weighted by Crippen LogP contribution is 2.15. The zero-order valence-corrected chi connectivity index (χ0v) is 11.3. The van der Waals surface area contributed by atoms with E-state index in [1.807, 2.05) is 0 Å². The van der Waals surface area contributed by atoms with Crippen molar-refractivity contribution in [2.24, 2.45) is 4.99 Å². The van der Waals surface area contributed by atoms with Crippen LogP contribution < -0.4 is 5.32 Å². The van der Waals surface area contributed by atoms with Gasteiger partial charge in [0.1, 0.15) is 0 Å². The molecule has 0 radical (unpaired) electrons. The Morgan fingerprint density at radius 1 is 1.42 bits per heavy atom. The maximum Gasteiger partial charge on any atom is 0.348 e. The molecule has 19 heavy (non-hydrogen) atoms. The SMILES string of the molecule is CN1CC(=O)N(C)/C1=N\C(=O)Nc1cccc(Cl)c1. The van der Waals surface area contributed by atoms with Crippen LogP contribution in [0.25, 0.3) is 0 Å². The quantitative estimate of drug-likeness (QED) is 0.850. The Morgan fingerprint density at radius 3 is 2.74 bits per heavy atom. The van der Waals surface area contributed by atoms with Gasteiger partial charge in [0, 0.05) is 24.8 Å². The average Bonchev–Trinajstić information content (AvgIpc) is 2.56. The summed E-state index contributed by atoms with van der Waals surface area (Å²) >= 11 is 5.82. The summed E-state index contributed by atoms with van der Waals surface area (Å²) in [6.07, 6.45) is 0. The minimum Gasteiger partial charge on any atom is -0.336 e. The van der Waals surface area contributed by atoms with Crippen LogP contribution >= 0.6 is 11.6 Å². The fourth-order valence-corrected chi connectivity index (χ4v) is 1.91. The second-order valence-electron chi connectivity index (χ2n) is 4.16. The Kier molecular flexibility index (Phi) is 3.71. The van der Waals surface area contributed by atoms with E-state index in [2.05, 4.69) is 10.3 Å². The Morgan fingerprint density at radius 2 is 2.16 bits per heavy atom. The summed E-state index contributed by atoms with van der Waals surface area (Å²) in [6.45, 7) is 0.222. The van der Waals surface area contributed by atoms with Crippen LogP contribution in [-0.4, -0.2) is 48.3 Å². The highest BCUT2D eigenvalue weighted by Gasteiger charge is 2.29. The van der Waals surface area contributed by atoms with Gasteiger partial charge in [-0.3, -0.25) is 9.69 Å². The number of carbonyl (C=O) groups is 2. The molecule has 7 heteroatoms. The summed E-state index contributed by atoms with van der Waals surface area (Å²) < 4.78 is 0. The molecular weight excluding hydrogens is 268 g/mol. The van der Waals surface area contributed by atoms with Crippen LogP contribution in [0.1, 0.15) is 0 Å². The molecule has 1 heterocycles. The van der Waals surface area contributed by atoms with Gasteiger partial charge < -0.3 is 10.2 Å². The molecule has 0 spiro atoms. The van der Waals surface area contributed by atoms with Crippen LogP contribution in [0.4, 0.5) is 10.5 Å². The van der Waals surface area contributed by atoms with Crippen LogP contribution in [0, 0.1) is 0 Å². The lowest BCUT2D eigenvalue weighted by Crippen LogP contribution is -2.31. The van der Waals surface area contributed by atoms with E-state index in [1.54, 1.807) is 43.3 Å². The van der Waals surface area contributed by atoms with Crippen molar-refractivity contribution in [3.8, 4) is 0 Å². The van der Waals surface area contributed by atoms with Gasteiger partial charge >= 0.3 is 6.03 Å². The van der Waals surface area contributed by atoms with Crippen LogP contribution in [0.3, 0.4) is 0 Å². The van der Waals surface area contributed by atoms with Crippen LogP contribution in [0.5, 0.6) is 0 Å². The first-order valence-electron chi connectivity index (χ1n) is 5.60. The highest BCUT2D eigenvalue weighted by atomic mass is 35.5. The summed E-state index contributed by atoms with van der Waals surface area (Å²) in [5.74, 6) is 0.223. The fraction of sp³-hybridized carbons (Fsp3) is 0.250. The maximum absolute atomic E-state index is 11.8. The molecule has 0 aromatic heterocycles. The zero-order valence-electron chi connectivity index (χ0n) is 10.6. The minimum atomic E-state index is -0.550. The molecule has 6 nitrogen and oxygen atoms in total. The molecule has 1 aliphatic heterocycles. The number of amides is 3. The summed E-state index contributed by atoms with van der Waals surface area (Å²) in [5.41, 5.74) is 0.552. The smallest absolute Gasteiger partial charge is 0.336 e. The molecule has 100 valence electrons. The molecule has 0 saturated carbocycles. The van der Waals surface area contributed by atoms with Crippen LogP contribution in [0.2, 0.25) is 5.02 Å². The number of hydrogen-bond donors (Lipinski definition) is 1. The third-order valence-electron chi connectivity index (χ3n) is 2.67. The molecule has 0 unspecified atom stereocenters. The number of nitrogens with one attached hydrogen (secondary N) is 1. The number of guanidine groups is 1. The van der Waals surface area contributed by atoms with Gasteiger partial charge in [-0.05, 0) is 18.2 Å². The van der Waals surface area contributed by atoms with Gasteiger partial charge in [-0.2, -0.15) is 4.99 Å². The Labute approximate surface area is 115 Å². The van der Waals surface area contributed by atoms with E-state index in [9.17, 15) is 9.59 Å². The van der Waals surface area contributed by atoms with Crippen molar-refractivity contribution in [2.45, 2.75) is 0 Å². The number of urea groups is 1. The number of carbonyl (C=O) groups excluding carboxylic acids is 2. The summed E-state index contributed by atoms with van der Waals surface area (Å²) in [5, 5.41) is 3.11. The lowest BCUT2D eigenvalue weighted by Gasteiger charge is -2.13. The fourth-order valence-electron chi connectivity index (χ4n) is 1.72. The first-order chi connectivity index (χ1) is 8.97. The summed E-state index contributed by atoms with van der Waals surface area (Å²) in [7, 11) is 3.28. The van der Waals surface area contributed by atoms with Crippen molar-refractivity contribution in [2.75, 3.05) is 26.0 Å². The molecule has 1 aromatic rings. The number of aliphatic imine (C=N–C) groups is 1. The van der Waals surface area contributed by atoms with E-state index < -0.39 is 6.03 Å². The number of rotatable bonds is 1. The van der Waals surface area contributed by atoms with E-state index in [0.717, 1.165) is 0 Å². The monoisotopic (exact) mass is 280 g/mol. The highest BCUT2D eigenvalue weighted by molar-refractivity contribution is 6.30. The van der Waals surface area contributed by atoms with E-state index in [-0.39, 0.29) is 12.5 Å². The van der Waals surface area contributed by atoms with Crippen molar-refractivity contribution < 1.29 is 9.59 Å². The largest absolute Gasteiger partial charge is 0.348 e. The first-order valence-corrected chi connectivity index (χ1v) is 5.98. The van der Waals surface area contributed by atoms with Gasteiger partial charge in [0.15, 0.2) is 0 Å². The molecular formula is C12H13ClN4O2. The van der Waals surface area contributed by atoms with Crippen LogP contribution in [-0.2, 0) is 4.79 Å². The number of hydrogen-bond acceptors (Lipinski definition) is 2. The molecule has 0 aliphatic carbocycles. The van der Waals surface area contributed by atoms with E-state index in [1.165, 1.54) is 4.90 Å². The molecule has 0 atom stereocenters. The van der Waals surface area contributed by atoms with E-state index in [0.29, 0.717) is 16.7 Å². The number of likely N-dealkylation sites (N-methyl/N-ethyl adjacent to an activating group) is 2. The maximum atomic E-state index is 11.8. The Balaban J connectivity index is 2.11. The normalized spacial score (nSPS) is 17.2. The van der Waals surface area contributed by atoms with Crippen molar-refractivity contribution in [3.63, 3.8) is 0 Å². The van der Waals surface area contributed by atoms with Crippen LogP contribution in [0.15, 0.2) is 29.3 Å². The van der Waals surface area contributed by atoms with Crippen molar-refractivity contribution >= 4 is 35.2 Å². The number of nitrogens with zero attached hydrogens (tertiary/aromatic N) is 3. The second-order valence-corrected chi connectivity index (χ2v) is 4.60. The average molecular weight is 281 g/mol. The lowest BCUT2D eigenvalue weighted by molar-refractivity contribution is -0.124. The standard InChI is InChI=1S/C12H13ClN4O2/c1-16-7-10(18)17(2)12(16)15-11(19)14-9-5-3-4-8(13)6-9/h3-6H,7H2,1-2H3,(H,14,19)/b15-12-. The third-order valence-corrected chi connectivity index (χ3v) is 2.90. The zero-order chi connectivity index (χ0) is 14.0. The lowest BCUT2D eigenvalue weighted by atomic mass is 10.3. The summed E-state index contributed by atoms with van der Waals surface area (Å²) in [4.78, 5) is 30.0. The number of halogens is 1. The topological polar surface area (TPSA) is 65.0 Å². The first kappa shape index (κ1) is 13.4. The van der Waals surface area contributed by atoms with Gasteiger partial charge in [0.25, 0.3) is 0 Å². The summed E-state index contributed by atoms with van der Waals surface area (Å²) in [6, 6.07) is 6.21. The van der Waals surface area contributed by atoms with Crippen molar-refractivity contribution in [1.82, 2.24) is 9.80 Å². The molecule has 2 rings (SSSR count). The van der Waals surface area contributed by atoms with Crippen molar-refractivity contribution in [1.29, 1.82) is 0 Å². The predicted molar refractivity (Wildman–Crippen MR) is 73.3 cm³/mol. The second kappa shape index (κ2) is 5.27. The van der Waals surface area contributed by atoms with Gasteiger partial charge in [0.05, 0.1) is 6.54 Å². The van der Waals surface area contributed by atoms with E-state index >= 15 is 0 Å².